The zero-order valence-electron chi connectivity index (χ0n) is 16.8. The maximum Gasteiger partial charge on any atom is 0.145 e. The Hall–Kier alpha value is -0.160. The molecule has 1 atom stereocenters. The minimum Gasteiger partial charge on any atom is -0.302 e. The third kappa shape index (κ3) is 5.48. The Morgan fingerprint density at radius 1 is 0.636 bits per heavy atom. The molecule has 0 aromatic carbocycles. The molecule has 0 amide bonds. The molecule has 0 aliphatic carbocycles. The Balaban J connectivity index is 4.93. The smallest absolute Gasteiger partial charge is 0.145 e. The molecule has 0 fully saturated rings. The standard InChI is InChI=1S/C18H42N4/c1-10-11-12-13-14-15-16-17(19(2)3)18(20(4)5,21(6)7)22(8)9/h17H,10-16H2,1-9H3. The lowest BCUT2D eigenvalue weighted by atomic mass is 9.96. The van der Waals surface area contributed by atoms with Crippen molar-refractivity contribution in [3.63, 3.8) is 0 Å². The molecule has 0 N–H and O–H groups in total. The maximum atomic E-state index is 2.39. The van der Waals surface area contributed by atoms with E-state index in [1.54, 1.807) is 0 Å². The first-order valence-electron chi connectivity index (χ1n) is 8.91. The van der Waals surface area contributed by atoms with Crippen molar-refractivity contribution in [2.24, 2.45) is 0 Å². The fourth-order valence-electron chi connectivity index (χ4n) is 4.01. The summed E-state index contributed by atoms with van der Waals surface area (Å²) in [5.74, 6) is -0.0904. The molecular weight excluding hydrogens is 272 g/mol. The van der Waals surface area contributed by atoms with E-state index in [0.717, 1.165) is 0 Å². The van der Waals surface area contributed by atoms with Crippen molar-refractivity contribution in [3.05, 3.63) is 0 Å². The second-order valence-corrected chi connectivity index (χ2v) is 7.41. The van der Waals surface area contributed by atoms with Gasteiger partial charge in [-0.3, -0.25) is 14.7 Å². The van der Waals surface area contributed by atoms with Gasteiger partial charge in [0.2, 0.25) is 0 Å². The maximum absolute atomic E-state index is 2.39. The van der Waals surface area contributed by atoms with Gasteiger partial charge in [-0.05, 0) is 62.8 Å². The van der Waals surface area contributed by atoms with Crippen LogP contribution < -0.4 is 0 Å². The minimum atomic E-state index is -0.0904. The van der Waals surface area contributed by atoms with E-state index in [1.165, 1.54) is 44.9 Å². The summed E-state index contributed by atoms with van der Waals surface area (Å²) >= 11 is 0. The Labute approximate surface area is 140 Å². The molecule has 0 radical (unpaired) electrons. The molecule has 0 aromatic heterocycles. The molecule has 4 nitrogen and oxygen atoms in total. The number of likely N-dealkylation sites (N-methyl/N-ethyl adjacent to an activating group) is 4. The topological polar surface area (TPSA) is 13.0 Å². The second-order valence-electron chi connectivity index (χ2n) is 7.41. The van der Waals surface area contributed by atoms with Crippen LogP contribution in [0.2, 0.25) is 0 Å². The summed E-state index contributed by atoms with van der Waals surface area (Å²) < 4.78 is 0. The summed E-state index contributed by atoms with van der Waals surface area (Å²) in [6.07, 6.45) is 9.38. The SMILES string of the molecule is CCCCCCCCC(N(C)C)C(N(C)C)(N(C)C)N(C)C. The van der Waals surface area contributed by atoms with Gasteiger partial charge in [-0.15, -0.1) is 0 Å². The summed E-state index contributed by atoms with van der Waals surface area (Å²) in [7, 11) is 17.6. The van der Waals surface area contributed by atoms with E-state index in [0.29, 0.717) is 6.04 Å². The lowest BCUT2D eigenvalue weighted by Crippen LogP contribution is -2.73. The van der Waals surface area contributed by atoms with E-state index in [2.05, 4.69) is 82.9 Å². The van der Waals surface area contributed by atoms with Gasteiger partial charge in [0.15, 0.2) is 0 Å². The Morgan fingerprint density at radius 3 is 1.41 bits per heavy atom. The van der Waals surface area contributed by atoms with Crippen molar-refractivity contribution in [2.45, 2.75) is 63.7 Å². The highest BCUT2D eigenvalue weighted by atomic mass is 15.6. The van der Waals surface area contributed by atoms with Crippen LogP contribution in [0, 0.1) is 0 Å². The summed E-state index contributed by atoms with van der Waals surface area (Å²) in [5.41, 5.74) is 0. The molecule has 0 aliphatic rings. The fourth-order valence-corrected chi connectivity index (χ4v) is 4.01. The summed E-state index contributed by atoms with van der Waals surface area (Å²) in [6, 6.07) is 0.471. The van der Waals surface area contributed by atoms with Crippen LogP contribution in [0.4, 0.5) is 0 Å². The van der Waals surface area contributed by atoms with Crippen LogP contribution in [0.15, 0.2) is 0 Å². The molecule has 22 heavy (non-hydrogen) atoms. The molecular formula is C18H42N4. The van der Waals surface area contributed by atoms with Gasteiger partial charge >= 0.3 is 0 Å². The van der Waals surface area contributed by atoms with Crippen molar-refractivity contribution in [3.8, 4) is 0 Å². The van der Waals surface area contributed by atoms with Gasteiger partial charge in [0.25, 0.3) is 0 Å². The molecule has 0 saturated heterocycles. The number of hydrogen-bond acceptors (Lipinski definition) is 4. The Kier molecular flexibility index (Phi) is 10.5. The highest BCUT2D eigenvalue weighted by Gasteiger charge is 2.45. The molecule has 1 unspecified atom stereocenters. The summed E-state index contributed by atoms with van der Waals surface area (Å²) in [5, 5.41) is 0. The van der Waals surface area contributed by atoms with E-state index in [4.69, 9.17) is 0 Å². The van der Waals surface area contributed by atoms with Gasteiger partial charge in [-0.1, -0.05) is 45.4 Å². The summed E-state index contributed by atoms with van der Waals surface area (Å²) in [6.45, 7) is 2.28. The van der Waals surface area contributed by atoms with Gasteiger partial charge in [-0.25, -0.2) is 0 Å². The fraction of sp³-hybridized carbons (Fsp3) is 1.00. The molecule has 0 rings (SSSR count). The van der Waals surface area contributed by atoms with Crippen molar-refractivity contribution < 1.29 is 0 Å². The first-order chi connectivity index (χ1) is 10.2. The average molecular weight is 315 g/mol. The highest BCUT2D eigenvalue weighted by molar-refractivity contribution is 4.94. The zero-order valence-corrected chi connectivity index (χ0v) is 16.8. The van der Waals surface area contributed by atoms with Crippen molar-refractivity contribution >= 4 is 0 Å². The lowest BCUT2D eigenvalue weighted by Gasteiger charge is -2.56. The van der Waals surface area contributed by atoms with Crippen molar-refractivity contribution in [1.29, 1.82) is 0 Å². The van der Waals surface area contributed by atoms with Gasteiger partial charge in [0.05, 0.1) is 6.04 Å². The highest BCUT2D eigenvalue weighted by Crippen LogP contribution is 2.29. The molecule has 4 heteroatoms. The predicted molar refractivity (Wildman–Crippen MR) is 99.3 cm³/mol. The number of unbranched alkanes of at least 4 members (excludes halogenated alkanes) is 5. The van der Waals surface area contributed by atoms with Crippen LogP contribution in [0.5, 0.6) is 0 Å². The predicted octanol–water partition coefficient (Wildman–Crippen LogP) is 3.01. The normalized spacial score (nSPS) is 14.6. The van der Waals surface area contributed by atoms with Gasteiger partial charge in [0, 0.05) is 0 Å². The summed E-state index contributed by atoms with van der Waals surface area (Å²) in [4.78, 5) is 9.46. The van der Waals surface area contributed by atoms with Crippen LogP contribution in [-0.2, 0) is 0 Å². The van der Waals surface area contributed by atoms with Crippen LogP contribution in [0.1, 0.15) is 51.9 Å². The Bertz CT molecular complexity index is 252. The van der Waals surface area contributed by atoms with Crippen molar-refractivity contribution in [2.75, 3.05) is 56.4 Å². The van der Waals surface area contributed by atoms with Crippen LogP contribution in [0.3, 0.4) is 0 Å². The number of nitrogens with zero attached hydrogens (tertiary/aromatic N) is 4. The molecule has 134 valence electrons. The van der Waals surface area contributed by atoms with Gasteiger partial charge < -0.3 is 4.90 Å². The molecule has 0 heterocycles. The average Bonchev–Trinajstić information content (AvgIpc) is 2.39. The largest absolute Gasteiger partial charge is 0.302 e. The zero-order chi connectivity index (χ0) is 17.3. The van der Waals surface area contributed by atoms with Gasteiger partial charge in [0.1, 0.15) is 5.79 Å². The van der Waals surface area contributed by atoms with E-state index >= 15 is 0 Å². The van der Waals surface area contributed by atoms with E-state index in [9.17, 15) is 0 Å². The monoisotopic (exact) mass is 314 g/mol. The first kappa shape index (κ1) is 21.8. The first-order valence-corrected chi connectivity index (χ1v) is 8.91. The van der Waals surface area contributed by atoms with E-state index in [1.807, 2.05) is 0 Å². The molecule has 0 saturated carbocycles. The Morgan fingerprint density at radius 2 is 1.05 bits per heavy atom. The van der Waals surface area contributed by atoms with Crippen molar-refractivity contribution in [1.82, 2.24) is 19.6 Å². The lowest BCUT2D eigenvalue weighted by molar-refractivity contribution is -0.156. The molecule has 0 aromatic rings. The third-order valence-electron chi connectivity index (χ3n) is 4.88. The van der Waals surface area contributed by atoms with Gasteiger partial charge in [-0.2, -0.15) is 0 Å². The van der Waals surface area contributed by atoms with E-state index < -0.39 is 0 Å². The molecule has 0 bridgehead atoms. The van der Waals surface area contributed by atoms with E-state index in [-0.39, 0.29) is 5.79 Å². The second kappa shape index (κ2) is 10.6. The van der Waals surface area contributed by atoms with Crippen LogP contribution in [0.25, 0.3) is 0 Å². The third-order valence-corrected chi connectivity index (χ3v) is 4.88. The molecule has 0 spiro atoms. The van der Waals surface area contributed by atoms with Crippen LogP contribution in [-0.4, -0.2) is 87.8 Å². The minimum absolute atomic E-state index is 0.0904. The number of rotatable bonds is 12. The van der Waals surface area contributed by atoms with Crippen LogP contribution >= 0.6 is 0 Å². The molecule has 0 aliphatic heterocycles. The number of hydrogen-bond donors (Lipinski definition) is 0. The quantitative estimate of drug-likeness (QED) is 0.405.